The van der Waals surface area contributed by atoms with E-state index in [9.17, 15) is 23.9 Å². The van der Waals surface area contributed by atoms with Crippen molar-refractivity contribution in [1.29, 1.82) is 0 Å². The molecule has 138 valence electrons. The van der Waals surface area contributed by atoms with Crippen LogP contribution >= 0.6 is 0 Å². The molecule has 1 unspecified atom stereocenters. The Morgan fingerprint density at radius 2 is 1.96 bits per heavy atom. The smallest absolute Gasteiger partial charge is 0.326 e. The van der Waals surface area contributed by atoms with Crippen LogP contribution in [0.5, 0.6) is 0 Å². The Labute approximate surface area is 149 Å². The summed E-state index contributed by atoms with van der Waals surface area (Å²) in [6, 6.07) is 5.81. The van der Waals surface area contributed by atoms with E-state index in [0.29, 0.717) is 5.69 Å². The number of carbonyl (C=O) groups is 2. The number of aromatic nitrogens is 2. The van der Waals surface area contributed by atoms with Crippen LogP contribution in [-0.4, -0.2) is 32.8 Å². The molecular formula is C18H20FN3O4. The fraction of sp³-hybridized carbons (Fsp3) is 0.333. The average molecular weight is 361 g/mol. The van der Waals surface area contributed by atoms with E-state index in [1.807, 2.05) is 13.8 Å². The lowest BCUT2D eigenvalue weighted by atomic mass is 10.0. The number of para-hydroxylation sites is 1. The molecule has 0 aliphatic rings. The van der Waals surface area contributed by atoms with Crippen LogP contribution in [0.3, 0.4) is 0 Å². The molecule has 0 spiro atoms. The summed E-state index contributed by atoms with van der Waals surface area (Å²) in [6.07, 6.45) is 0.203. The predicted molar refractivity (Wildman–Crippen MR) is 92.9 cm³/mol. The molecule has 0 saturated heterocycles. The number of carboxylic acid groups (broad SMARTS) is 1. The number of hydrogen-bond acceptors (Lipinski definition) is 4. The summed E-state index contributed by atoms with van der Waals surface area (Å²) in [5, 5.41) is 15.5. The number of aryl methyl sites for hydroxylation is 1. The lowest BCUT2D eigenvalue weighted by Gasteiger charge is -2.17. The average Bonchev–Trinajstić information content (AvgIpc) is 2.54. The van der Waals surface area contributed by atoms with E-state index in [0.717, 1.165) is 10.7 Å². The third-order valence-corrected chi connectivity index (χ3v) is 3.71. The second kappa shape index (κ2) is 7.90. The second-order valence-corrected chi connectivity index (χ2v) is 6.36. The van der Waals surface area contributed by atoms with Gasteiger partial charge in [-0.1, -0.05) is 26.0 Å². The molecule has 0 saturated carbocycles. The SMILES string of the molecule is Cc1cc(=O)c(C(=O)NC(CC(C)C)C(=O)O)nn1-c1ccccc1F. The summed E-state index contributed by atoms with van der Waals surface area (Å²) in [7, 11) is 0. The molecule has 0 radical (unpaired) electrons. The number of aliphatic carboxylic acids is 1. The Bertz CT molecular complexity index is 892. The summed E-state index contributed by atoms with van der Waals surface area (Å²) in [4.78, 5) is 35.8. The fourth-order valence-corrected chi connectivity index (χ4v) is 2.49. The van der Waals surface area contributed by atoms with Gasteiger partial charge in [-0.3, -0.25) is 9.59 Å². The molecule has 7 nitrogen and oxygen atoms in total. The van der Waals surface area contributed by atoms with Crippen molar-refractivity contribution in [3.05, 3.63) is 57.8 Å². The highest BCUT2D eigenvalue weighted by atomic mass is 19.1. The standard InChI is InChI=1S/C18H20FN3O4/c1-10(2)8-13(18(25)26)20-17(24)16-15(23)9-11(3)22(21-16)14-7-5-4-6-12(14)19/h4-7,9-10,13H,8H2,1-3H3,(H,20,24)(H,25,26). The molecule has 1 atom stereocenters. The zero-order valence-corrected chi connectivity index (χ0v) is 14.7. The maximum Gasteiger partial charge on any atom is 0.326 e. The molecule has 1 heterocycles. The summed E-state index contributed by atoms with van der Waals surface area (Å²) < 4.78 is 15.2. The molecule has 2 N–H and O–H groups in total. The Balaban J connectivity index is 2.42. The minimum Gasteiger partial charge on any atom is -0.480 e. The van der Waals surface area contributed by atoms with Gasteiger partial charge in [0, 0.05) is 11.8 Å². The Kier molecular flexibility index (Phi) is 5.86. The van der Waals surface area contributed by atoms with Gasteiger partial charge in [0.15, 0.2) is 5.69 Å². The zero-order valence-electron chi connectivity index (χ0n) is 14.7. The molecular weight excluding hydrogens is 341 g/mol. The van der Waals surface area contributed by atoms with Gasteiger partial charge in [0.05, 0.1) is 0 Å². The van der Waals surface area contributed by atoms with Crippen LogP contribution in [-0.2, 0) is 4.79 Å². The summed E-state index contributed by atoms with van der Waals surface area (Å²) in [6.45, 7) is 5.19. The van der Waals surface area contributed by atoms with E-state index >= 15 is 0 Å². The first-order chi connectivity index (χ1) is 12.2. The van der Waals surface area contributed by atoms with Crippen LogP contribution in [0.4, 0.5) is 4.39 Å². The minimum atomic E-state index is -1.20. The highest BCUT2D eigenvalue weighted by Crippen LogP contribution is 2.13. The Morgan fingerprint density at radius 3 is 2.54 bits per heavy atom. The first-order valence-corrected chi connectivity index (χ1v) is 8.10. The highest BCUT2D eigenvalue weighted by Gasteiger charge is 2.24. The molecule has 2 aromatic rings. The summed E-state index contributed by atoms with van der Waals surface area (Å²) >= 11 is 0. The van der Waals surface area contributed by atoms with E-state index < -0.39 is 34.9 Å². The van der Waals surface area contributed by atoms with Gasteiger partial charge in [0.25, 0.3) is 5.91 Å². The van der Waals surface area contributed by atoms with Crippen molar-refractivity contribution >= 4 is 11.9 Å². The number of rotatable bonds is 6. The molecule has 2 rings (SSSR count). The van der Waals surface area contributed by atoms with Gasteiger partial charge in [-0.2, -0.15) is 5.10 Å². The van der Waals surface area contributed by atoms with Crippen molar-refractivity contribution in [3.63, 3.8) is 0 Å². The number of nitrogens with zero attached hydrogens (tertiary/aromatic N) is 2. The topological polar surface area (TPSA) is 101 Å². The van der Waals surface area contributed by atoms with E-state index in [1.54, 1.807) is 13.0 Å². The van der Waals surface area contributed by atoms with Gasteiger partial charge in [-0.05, 0) is 31.4 Å². The van der Waals surface area contributed by atoms with E-state index in [-0.39, 0.29) is 18.0 Å². The number of carboxylic acids is 1. The van der Waals surface area contributed by atoms with Crippen molar-refractivity contribution in [2.75, 3.05) is 0 Å². The van der Waals surface area contributed by atoms with Crippen molar-refractivity contribution in [1.82, 2.24) is 15.1 Å². The van der Waals surface area contributed by atoms with Crippen LogP contribution in [0.1, 0.15) is 36.5 Å². The number of halogens is 1. The molecule has 0 aliphatic heterocycles. The van der Waals surface area contributed by atoms with Crippen LogP contribution in [0.25, 0.3) is 5.69 Å². The normalized spacial score (nSPS) is 12.0. The fourth-order valence-electron chi connectivity index (χ4n) is 2.49. The lowest BCUT2D eigenvalue weighted by Crippen LogP contribution is -2.43. The van der Waals surface area contributed by atoms with E-state index in [2.05, 4.69) is 10.4 Å². The van der Waals surface area contributed by atoms with Gasteiger partial charge in [-0.25, -0.2) is 13.9 Å². The number of benzene rings is 1. The molecule has 0 bridgehead atoms. The largest absolute Gasteiger partial charge is 0.480 e. The highest BCUT2D eigenvalue weighted by molar-refractivity contribution is 5.94. The van der Waals surface area contributed by atoms with Gasteiger partial charge >= 0.3 is 5.97 Å². The van der Waals surface area contributed by atoms with E-state index in [4.69, 9.17) is 0 Å². The number of hydrogen-bond donors (Lipinski definition) is 2. The summed E-state index contributed by atoms with van der Waals surface area (Å²) in [5.74, 6) is -2.65. The molecule has 8 heteroatoms. The molecule has 1 amide bonds. The third kappa shape index (κ3) is 4.33. The van der Waals surface area contributed by atoms with Crippen molar-refractivity contribution in [2.45, 2.75) is 33.2 Å². The number of amides is 1. The summed E-state index contributed by atoms with van der Waals surface area (Å²) in [5.41, 5.74) is -0.736. The lowest BCUT2D eigenvalue weighted by molar-refractivity contribution is -0.139. The first kappa shape index (κ1) is 19.3. The van der Waals surface area contributed by atoms with Crippen LogP contribution in [0.2, 0.25) is 0 Å². The molecule has 26 heavy (non-hydrogen) atoms. The second-order valence-electron chi connectivity index (χ2n) is 6.36. The van der Waals surface area contributed by atoms with Gasteiger partial charge in [0.1, 0.15) is 17.5 Å². The quantitative estimate of drug-likeness (QED) is 0.818. The Hall–Kier alpha value is -3.03. The third-order valence-electron chi connectivity index (χ3n) is 3.71. The van der Waals surface area contributed by atoms with Crippen LogP contribution < -0.4 is 10.7 Å². The van der Waals surface area contributed by atoms with Crippen LogP contribution in [0, 0.1) is 18.7 Å². The van der Waals surface area contributed by atoms with Gasteiger partial charge in [0.2, 0.25) is 5.43 Å². The van der Waals surface area contributed by atoms with Gasteiger partial charge < -0.3 is 10.4 Å². The molecule has 1 aromatic carbocycles. The Morgan fingerprint density at radius 1 is 1.31 bits per heavy atom. The maximum atomic E-state index is 14.0. The molecule has 0 aliphatic carbocycles. The molecule has 1 aromatic heterocycles. The number of carbonyl (C=O) groups excluding carboxylic acids is 1. The van der Waals surface area contributed by atoms with Gasteiger partial charge in [-0.15, -0.1) is 0 Å². The van der Waals surface area contributed by atoms with Crippen LogP contribution in [0.15, 0.2) is 35.1 Å². The molecule has 0 fully saturated rings. The monoisotopic (exact) mass is 361 g/mol. The zero-order chi connectivity index (χ0) is 19.4. The maximum absolute atomic E-state index is 14.0. The van der Waals surface area contributed by atoms with Crippen molar-refractivity contribution in [2.24, 2.45) is 5.92 Å². The number of nitrogens with one attached hydrogen (secondary N) is 1. The van der Waals surface area contributed by atoms with Crippen molar-refractivity contribution in [3.8, 4) is 5.69 Å². The van der Waals surface area contributed by atoms with E-state index in [1.165, 1.54) is 18.2 Å². The first-order valence-electron chi connectivity index (χ1n) is 8.10. The van der Waals surface area contributed by atoms with Crippen molar-refractivity contribution < 1.29 is 19.1 Å². The predicted octanol–water partition coefficient (Wildman–Crippen LogP) is 1.91. The minimum absolute atomic E-state index is 0.0254.